The van der Waals surface area contributed by atoms with E-state index in [2.05, 4.69) is 21.8 Å². The van der Waals surface area contributed by atoms with Gasteiger partial charge in [-0.2, -0.15) is 0 Å². The molecule has 0 saturated heterocycles. The Hall–Kier alpha value is -1.81. The fourth-order valence-electron chi connectivity index (χ4n) is 1.97. The molecule has 0 unspecified atom stereocenters. The van der Waals surface area contributed by atoms with Gasteiger partial charge in [-0.25, -0.2) is 4.98 Å². The molecule has 0 spiro atoms. The Morgan fingerprint density at radius 2 is 1.94 bits per heavy atom. The van der Waals surface area contributed by atoms with Gasteiger partial charge in [0.15, 0.2) is 0 Å². The molecule has 0 aliphatic carbocycles. The van der Waals surface area contributed by atoms with Crippen LogP contribution in [0.25, 0.3) is 11.4 Å². The molecule has 2 aromatic rings. The van der Waals surface area contributed by atoms with Crippen LogP contribution in [0.15, 0.2) is 24.3 Å². The molecule has 0 radical (unpaired) electrons. The maximum atomic E-state index is 5.17. The van der Waals surface area contributed by atoms with E-state index < -0.39 is 0 Å². The van der Waals surface area contributed by atoms with E-state index in [1.165, 1.54) is 5.69 Å². The highest BCUT2D eigenvalue weighted by Gasteiger charge is 2.11. The van der Waals surface area contributed by atoms with Crippen LogP contribution in [0, 0.1) is 6.92 Å². The van der Waals surface area contributed by atoms with Crippen LogP contribution in [-0.2, 0) is 13.6 Å². The lowest BCUT2D eigenvalue weighted by atomic mass is 10.2. The van der Waals surface area contributed by atoms with Gasteiger partial charge >= 0.3 is 0 Å². The fraction of sp³-hybridized carbons (Fsp3) is 0.357. The van der Waals surface area contributed by atoms with Crippen LogP contribution >= 0.6 is 0 Å². The van der Waals surface area contributed by atoms with E-state index in [9.17, 15) is 0 Å². The van der Waals surface area contributed by atoms with Gasteiger partial charge in [-0.3, -0.25) is 0 Å². The first-order valence-electron chi connectivity index (χ1n) is 5.98. The van der Waals surface area contributed by atoms with Gasteiger partial charge in [0, 0.05) is 24.8 Å². The van der Waals surface area contributed by atoms with Crippen molar-refractivity contribution in [3.63, 3.8) is 0 Å². The second-order valence-electron chi connectivity index (χ2n) is 4.29. The van der Waals surface area contributed by atoms with E-state index in [0.29, 0.717) is 0 Å². The minimum Gasteiger partial charge on any atom is -0.497 e. The van der Waals surface area contributed by atoms with Crippen molar-refractivity contribution in [1.29, 1.82) is 0 Å². The number of imidazole rings is 1. The lowest BCUT2D eigenvalue weighted by Gasteiger charge is -2.04. The molecule has 96 valence electrons. The molecule has 0 atom stereocenters. The quantitative estimate of drug-likeness (QED) is 0.896. The maximum absolute atomic E-state index is 5.17. The zero-order chi connectivity index (χ0) is 13.1. The normalized spacial score (nSPS) is 10.7. The molecule has 0 bridgehead atoms. The predicted molar refractivity (Wildman–Crippen MR) is 72.7 cm³/mol. The summed E-state index contributed by atoms with van der Waals surface area (Å²) < 4.78 is 7.29. The Morgan fingerprint density at radius 3 is 2.50 bits per heavy atom. The van der Waals surface area contributed by atoms with E-state index in [0.717, 1.165) is 29.4 Å². The number of methoxy groups -OCH3 is 1. The van der Waals surface area contributed by atoms with Crippen LogP contribution in [0.2, 0.25) is 0 Å². The standard InChI is InChI=1S/C14H19N3O/c1-10-13(9-15-2)16-14(17(10)3)11-5-7-12(18-4)8-6-11/h5-8,15H,9H2,1-4H3. The number of hydrogen-bond acceptors (Lipinski definition) is 3. The monoisotopic (exact) mass is 245 g/mol. The molecule has 4 nitrogen and oxygen atoms in total. The summed E-state index contributed by atoms with van der Waals surface area (Å²) in [5.74, 6) is 1.85. The molecule has 2 rings (SSSR count). The number of nitrogens with one attached hydrogen (secondary N) is 1. The molecule has 4 heteroatoms. The minimum atomic E-state index is 0.788. The van der Waals surface area contributed by atoms with E-state index in [-0.39, 0.29) is 0 Å². The highest BCUT2D eigenvalue weighted by molar-refractivity contribution is 5.58. The second kappa shape index (κ2) is 5.23. The first-order chi connectivity index (χ1) is 8.67. The van der Waals surface area contributed by atoms with Crippen LogP contribution in [-0.4, -0.2) is 23.7 Å². The van der Waals surface area contributed by atoms with Crippen LogP contribution in [0.3, 0.4) is 0 Å². The molecule has 0 fully saturated rings. The van der Waals surface area contributed by atoms with Gasteiger partial charge in [0.2, 0.25) is 0 Å². The number of nitrogens with zero attached hydrogens (tertiary/aromatic N) is 2. The molecule has 0 aliphatic rings. The summed E-state index contributed by atoms with van der Waals surface area (Å²) in [5, 5.41) is 3.14. The van der Waals surface area contributed by atoms with Crippen LogP contribution in [0.4, 0.5) is 0 Å². The van der Waals surface area contributed by atoms with Gasteiger partial charge in [-0.15, -0.1) is 0 Å². The Balaban J connectivity index is 2.40. The molecule has 1 N–H and O–H groups in total. The third kappa shape index (κ3) is 2.24. The van der Waals surface area contributed by atoms with Crippen molar-refractivity contribution in [2.24, 2.45) is 7.05 Å². The molecule has 0 amide bonds. The Morgan fingerprint density at radius 1 is 1.28 bits per heavy atom. The summed E-state index contributed by atoms with van der Waals surface area (Å²) >= 11 is 0. The summed E-state index contributed by atoms with van der Waals surface area (Å²) in [6.45, 7) is 2.88. The summed E-state index contributed by atoms with van der Waals surface area (Å²) in [7, 11) is 5.65. The zero-order valence-electron chi connectivity index (χ0n) is 11.3. The van der Waals surface area contributed by atoms with Crippen LogP contribution < -0.4 is 10.1 Å². The predicted octanol–water partition coefficient (Wildman–Crippen LogP) is 2.12. The molecule has 1 heterocycles. The number of rotatable bonds is 4. The van der Waals surface area contributed by atoms with E-state index in [1.54, 1.807) is 7.11 Å². The number of ether oxygens (including phenoxy) is 1. The second-order valence-corrected chi connectivity index (χ2v) is 4.29. The average molecular weight is 245 g/mol. The smallest absolute Gasteiger partial charge is 0.140 e. The topological polar surface area (TPSA) is 39.1 Å². The van der Waals surface area contributed by atoms with Gasteiger partial charge < -0.3 is 14.6 Å². The van der Waals surface area contributed by atoms with Gasteiger partial charge in [0.25, 0.3) is 0 Å². The minimum absolute atomic E-state index is 0.788. The molecule has 1 aromatic heterocycles. The average Bonchev–Trinajstić information content (AvgIpc) is 2.68. The number of hydrogen-bond donors (Lipinski definition) is 1. The Labute approximate surface area is 108 Å². The van der Waals surface area contributed by atoms with Crippen molar-refractivity contribution in [3.8, 4) is 17.1 Å². The van der Waals surface area contributed by atoms with Gasteiger partial charge in [-0.05, 0) is 38.2 Å². The van der Waals surface area contributed by atoms with Crippen molar-refractivity contribution in [2.75, 3.05) is 14.2 Å². The number of benzene rings is 1. The fourth-order valence-corrected chi connectivity index (χ4v) is 1.97. The summed E-state index contributed by atoms with van der Waals surface area (Å²) in [6, 6.07) is 7.97. The summed E-state index contributed by atoms with van der Waals surface area (Å²) in [5.41, 5.74) is 3.38. The lowest BCUT2D eigenvalue weighted by molar-refractivity contribution is 0.415. The molecule has 1 aromatic carbocycles. The molecule has 18 heavy (non-hydrogen) atoms. The molecule has 0 aliphatic heterocycles. The Bertz CT molecular complexity index is 529. The SMILES string of the molecule is CNCc1nc(-c2ccc(OC)cc2)n(C)c1C. The zero-order valence-corrected chi connectivity index (χ0v) is 11.3. The summed E-state index contributed by atoms with van der Waals surface area (Å²) in [6.07, 6.45) is 0. The third-order valence-electron chi connectivity index (χ3n) is 3.17. The van der Waals surface area contributed by atoms with E-state index in [1.807, 2.05) is 38.4 Å². The van der Waals surface area contributed by atoms with Gasteiger partial charge in [0.1, 0.15) is 11.6 Å². The van der Waals surface area contributed by atoms with Crippen molar-refractivity contribution >= 4 is 0 Å². The highest BCUT2D eigenvalue weighted by atomic mass is 16.5. The van der Waals surface area contributed by atoms with Crippen LogP contribution in [0.5, 0.6) is 5.75 Å². The van der Waals surface area contributed by atoms with Crippen LogP contribution in [0.1, 0.15) is 11.4 Å². The largest absolute Gasteiger partial charge is 0.497 e. The lowest BCUT2D eigenvalue weighted by Crippen LogP contribution is -2.07. The van der Waals surface area contributed by atoms with E-state index in [4.69, 9.17) is 4.74 Å². The molecule has 0 saturated carbocycles. The maximum Gasteiger partial charge on any atom is 0.140 e. The summed E-state index contributed by atoms with van der Waals surface area (Å²) in [4.78, 5) is 4.68. The Kier molecular flexibility index (Phi) is 3.67. The van der Waals surface area contributed by atoms with Crippen molar-refractivity contribution in [1.82, 2.24) is 14.9 Å². The van der Waals surface area contributed by atoms with Crippen molar-refractivity contribution in [2.45, 2.75) is 13.5 Å². The van der Waals surface area contributed by atoms with Gasteiger partial charge in [-0.1, -0.05) is 0 Å². The first kappa shape index (κ1) is 12.6. The first-order valence-corrected chi connectivity index (χ1v) is 5.98. The van der Waals surface area contributed by atoms with Gasteiger partial charge in [0.05, 0.1) is 12.8 Å². The highest BCUT2D eigenvalue weighted by Crippen LogP contribution is 2.23. The molecular weight excluding hydrogens is 226 g/mol. The van der Waals surface area contributed by atoms with Crippen molar-refractivity contribution in [3.05, 3.63) is 35.7 Å². The van der Waals surface area contributed by atoms with E-state index >= 15 is 0 Å². The number of aromatic nitrogens is 2. The molecular formula is C14H19N3O. The van der Waals surface area contributed by atoms with Crippen molar-refractivity contribution < 1.29 is 4.74 Å². The third-order valence-corrected chi connectivity index (χ3v) is 3.17.